The molecule has 1 saturated carbocycles. The Morgan fingerprint density at radius 2 is 2.07 bits per heavy atom. The first kappa shape index (κ1) is 10.0. The van der Waals surface area contributed by atoms with Gasteiger partial charge in [0.05, 0.1) is 0 Å². The summed E-state index contributed by atoms with van der Waals surface area (Å²) in [7, 11) is 0. The van der Waals surface area contributed by atoms with Crippen molar-refractivity contribution in [3.05, 3.63) is 30.3 Å². The maximum absolute atomic E-state index is 11.5. The van der Waals surface area contributed by atoms with Crippen LogP contribution in [0, 0.1) is 0 Å². The fourth-order valence-electron chi connectivity index (χ4n) is 1.30. The van der Waals surface area contributed by atoms with Gasteiger partial charge in [0.25, 0.3) is 0 Å². The summed E-state index contributed by atoms with van der Waals surface area (Å²) in [5.74, 6) is -0.165. The Bertz CT molecular complexity index is 333. The molecule has 0 spiro atoms. The second-order valence-corrected chi connectivity index (χ2v) is 3.87. The van der Waals surface area contributed by atoms with Crippen molar-refractivity contribution in [2.45, 2.75) is 31.9 Å². The number of esters is 1. The number of carbonyl (C=O) groups is 1. The highest BCUT2D eigenvalue weighted by atomic mass is 16.5. The number of anilines is 1. The van der Waals surface area contributed by atoms with Gasteiger partial charge < -0.3 is 10.1 Å². The maximum atomic E-state index is 11.5. The zero-order valence-electron chi connectivity index (χ0n) is 8.77. The molecule has 1 aromatic rings. The lowest BCUT2D eigenvalue weighted by molar-refractivity contribution is -0.145. The number of para-hydroxylation sites is 1. The first-order valence-electron chi connectivity index (χ1n) is 5.28. The smallest absolute Gasteiger partial charge is 0.328 e. The molecule has 80 valence electrons. The number of nitrogens with one attached hydrogen (secondary N) is 1. The number of hydrogen-bond acceptors (Lipinski definition) is 3. The molecule has 0 bridgehead atoms. The average Bonchev–Trinajstić information content (AvgIpc) is 3.03. The highest BCUT2D eigenvalue weighted by Crippen LogP contribution is 2.24. The van der Waals surface area contributed by atoms with Gasteiger partial charge in [-0.3, -0.25) is 0 Å². The summed E-state index contributed by atoms with van der Waals surface area (Å²) in [4.78, 5) is 11.5. The SMILES string of the molecule is C[C@@H](Nc1ccccc1)C(=O)OC1CC1. The molecule has 1 aliphatic carbocycles. The molecule has 3 nitrogen and oxygen atoms in total. The Kier molecular flexibility index (Phi) is 2.90. The summed E-state index contributed by atoms with van der Waals surface area (Å²) in [5.41, 5.74) is 0.942. The van der Waals surface area contributed by atoms with Gasteiger partial charge in [-0.05, 0) is 31.9 Å². The van der Waals surface area contributed by atoms with E-state index in [0.717, 1.165) is 18.5 Å². The van der Waals surface area contributed by atoms with Gasteiger partial charge in [-0.25, -0.2) is 4.79 Å². The van der Waals surface area contributed by atoms with Crippen molar-refractivity contribution in [3.63, 3.8) is 0 Å². The van der Waals surface area contributed by atoms with Crippen LogP contribution in [0.5, 0.6) is 0 Å². The van der Waals surface area contributed by atoms with Crippen LogP contribution in [0.3, 0.4) is 0 Å². The van der Waals surface area contributed by atoms with E-state index in [-0.39, 0.29) is 18.1 Å². The van der Waals surface area contributed by atoms with E-state index < -0.39 is 0 Å². The Morgan fingerprint density at radius 1 is 1.40 bits per heavy atom. The minimum Gasteiger partial charge on any atom is -0.461 e. The molecule has 2 rings (SSSR count). The fraction of sp³-hybridized carbons (Fsp3) is 0.417. The molecule has 1 atom stereocenters. The zero-order chi connectivity index (χ0) is 10.7. The molecule has 3 heteroatoms. The van der Waals surface area contributed by atoms with Crippen LogP contribution >= 0.6 is 0 Å². The molecular weight excluding hydrogens is 190 g/mol. The highest BCUT2D eigenvalue weighted by molar-refractivity contribution is 5.79. The van der Waals surface area contributed by atoms with E-state index in [4.69, 9.17) is 4.74 Å². The lowest BCUT2D eigenvalue weighted by atomic mass is 10.2. The van der Waals surface area contributed by atoms with E-state index in [1.807, 2.05) is 37.3 Å². The first-order valence-corrected chi connectivity index (χ1v) is 5.28. The standard InChI is InChI=1S/C12H15NO2/c1-9(12(14)15-11-7-8-11)13-10-5-3-2-4-6-10/h2-6,9,11,13H,7-8H2,1H3/t9-/m1/s1. The van der Waals surface area contributed by atoms with Crippen molar-refractivity contribution in [1.29, 1.82) is 0 Å². The summed E-state index contributed by atoms with van der Waals surface area (Å²) in [6, 6.07) is 9.39. The second-order valence-electron chi connectivity index (χ2n) is 3.87. The van der Waals surface area contributed by atoms with Crippen LogP contribution in [0.4, 0.5) is 5.69 Å². The molecule has 0 aromatic heterocycles. The number of rotatable bonds is 4. The van der Waals surface area contributed by atoms with Crippen molar-refractivity contribution < 1.29 is 9.53 Å². The lowest BCUT2D eigenvalue weighted by Crippen LogP contribution is -2.28. The zero-order valence-corrected chi connectivity index (χ0v) is 8.77. The predicted molar refractivity (Wildman–Crippen MR) is 58.6 cm³/mol. The van der Waals surface area contributed by atoms with Crippen molar-refractivity contribution in [3.8, 4) is 0 Å². The quantitative estimate of drug-likeness (QED) is 0.766. The largest absolute Gasteiger partial charge is 0.461 e. The summed E-state index contributed by atoms with van der Waals surface area (Å²) in [6.45, 7) is 1.82. The molecule has 0 radical (unpaired) electrons. The molecule has 0 heterocycles. The Morgan fingerprint density at radius 3 is 2.67 bits per heavy atom. The predicted octanol–water partition coefficient (Wildman–Crippen LogP) is 2.19. The van der Waals surface area contributed by atoms with Gasteiger partial charge in [-0.1, -0.05) is 18.2 Å². The van der Waals surface area contributed by atoms with Crippen LogP contribution in [0.2, 0.25) is 0 Å². The fourth-order valence-corrected chi connectivity index (χ4v) is 1.30. The topological polar surface area (TPSA) is 38.3 Å². The summed E-state index contributed by atoms with van der Waals surface area (Å²) in [5, 5.41) is 3.10. The van der Waals surface area contributed by atoms with E-state index >= 15 is 0 Å². The van der Waals surface area contributed by atoms with Gasteiger partial charge in [-0.15, -0.1) is 0 Å². The van der Waals surface area contributed by atoms with Gasteiger partial charge in [0.15, 0.2) is 0 Å². The number of hydrogen-bond donors (Lipinski definition) is 1. The Hall–Kier alpha value is -1.51. The number of ether oxygens (including phenoxy) is 1. The molecule has 0 amide bonds. The minimum atomic E-state index is -0.284. The van der Waals surface area contributed by atoms with Gasteiger partial charge in [0, 0.05) is 5.69 Å². The average molecular weight is 205 g/mol. The van der Waals surface area contributed by atoms with Crippen molar-refractivity contribution in [2.75, 3.05) is 5.32 Å². The van der Waals surface area contributed by atoms with Crippen LogP contribution in [0.25, 0.3) is 0 Å². The first-order chi connectivity index (χ1) is 7.25. The maximum Gasteiger partial charge on any atom is 0.328 e. The third-order valence-electron chi connectivity index (χ3n) is 2.32. The monoisotopic (exact) mass is 205 g/mol. The van der Waals surface area contributed by atoms with Crippen LogP contribution < -0.4 is 5.32 Å². The summed E-state index contributed by atoms with van der Waals surface area (Å²) >= 11 is 0. The van der Waals surface area contributed by atoms with E-state index in [0.29, 0.717) is 0 Å². The van der Waals surface area contributed by atoms with Crippen LogP contribution in [0.15, 0.2) is 30.3 Å². The van der Waals surface area contributed by atoms with Crippen molar-refractivity contribution in [2.24, 2.45) is 0 Å². The lowest BCUT2D eigenvalue weighted by Gasteiger charge is -2.13. The molecule has 15 heavy (non-hydrogen) atoms. The molecule has 1 fully saturated rings. The molecule has 1 aliphatic rings. The highest BCUT2D eigenvalue weighted by Gasteiger charge is 2.28. The third-order valence-corrected chi connectivity index (χ3v) is 2.32. The van der Waals surface area contributed by atoms with Crippen LogP contribution in [0.1, 0.15) is 19.8 Å². The molecule has 0 saturated heterocycles. The van der Waals surface area contributed by atoms with E-state index in [1.54, 1.807) is 0 Å². The van der Waals surface area contributed by atoms with Crippen LogP contribution in [-0.2, 0) is 9.53 Å². The molecule has 1 aromatic carbocycles. The van der Waals surface area contributed by atoms with Gasteiger partial charge in [-0.2, -0.15) is 0 Å². The number of carbonyl (C=O) groups excluding carboxylic acids is 1. The molecular formula is C12H15NO2. The Balaban J connectivity index is 1.85. The van der Waals surface area contributed by atoms with Gasteiger partial charge >= 0.3 is 5.97 Å². The van der Waals surface area contributed by atoms with E-state index in [2.05, 4.69) is 5.32 Å². The normalized spacial score (nSPS) is 16.9. The van der Waals surface area contributed by atoms with E-state index in [9.17, 15) is 4.79 Å². The van der Waals surface area contributed by atoms with Crippen molar-refractivity contribution >= 4 is 11.7 Å². The van der Waals surface area contributed by atoms with E-state index in [1.165, 1.54) is 0 Å². The molecule has 0 aliphatic heterocycles. The second kappa shape index (κ2) is 4.34. The molecule has 1 N–H and O–H groups in total. The summed E-state index contributed by atoms with van der Waals surface area (Å²) < 4.78 is 5.19. The summed E-state index contributed by atoms with van der Waals surface area (Å²) in [6.07, 6.45) is 2.21. The van der Waals surface area contributed by atoms with Gasteiger partial charge in [0.2, 0.25) is 0 Å². The molecule has 0 unspecified atom stereocenters. The number of benzene rings is 1. The van der Waals surface area contributed by atoms with Gasteiger partial charge in [0.1, 0.15) is 12.1 Å². The minimum absolute atomic E-state index is 0.165. The third kappa shape index (κ3) is 2.98. The Labute approximate surface area is 89.4 Å². The van der Waals surface area contributed by atoms with Crippen molar-refractivity contribution in [1.82, 2.24) is 0 Å². The van der Waals surface area contributed by atoms with Crippen LogP contribution in [-0.4, -0.2) is 18.1 Å².